The molecule has 0 aromatic heterocycles. The summed E-state index contributed by atoms with van der Waals surface area (Å²) in [6, 6.07) is 1.27. The quantitative estimate of drug-likeness (QED) is 0.452. The van der Waals surface area contributed by atoms with Gasteiger partial charge in [0.15, 0.2) is 0 Å². The van der Waals surface area contributed by atoms with Gasteiger partial charge in [-0.15, -0.1) is 0 Å². The number of imide groups is 2. The van der Waals surface area contributed by atoms with Crippen LogP contribution in [0.2, 0.25) is 0 Å². The maximum atomic E-state index is 14.5. The van der Waals surface area contributed by atoms with Crippen LogP contribution in [0.5, 0.6) is 0 Å². The highest BCUT2D eigenvalue weighted by atomic mass is 19.1. The van der Waals surface area contributed by atoms with Crippen molar-refractivity contribution < 1.29 is 28.3 Å². The summed E-state index contributed by atoms with van der Waals surface area (Å²) in [5, 5.41) is 8.26. The minimum Gasteiger partial charge on any atom is -0.380 e. The predicted octanol–water partition coefficient (Wildman–Crippen LogP) is 0.407. The fourth-order valence-electron chi connectivity index (χ4n) is 4.07. The van der Waals surface area contributed by atoms with Gasteiger partial charge in [0, 0.05) is 13.0 Å². The van der Waals surface area contributed by atoms with Gasteiger partial charge in [-0.2, -0.15) is 0 Å². The lowest BCUT2D eigenvalue weighted by Gasteiger charge is -2.27. The first-order valence-electron chi connectivity index (χ1n) is 10.1. The van der Waals surface area contributed by atoms with E-state index in [9.17, 15) is 23.6 Å². The average molecular weight is 418 g/mol. The number of carbonyl (C=O) groups excluding carboxylic acids is 4. The van der Waals surface area contributed by atoms with Crippen molar-refractivity contribution in [3.8, 4) is 0 Å². The zero-order chi connectivity index (χ0) is 21.3. The molecule has 2 fully saturated rings. The minimum absolute atomic E-state index is 0.0251. The summed E-state index contributed by atoms with van der Waals surface area (Å²) in [5.74, 6) is -3.23. The summed E-state index contributed by atoms with van der Waals surface area (Å²) in [6.45, 7) is 2.38. The van der Waals surface area contributed by atoms with Gasteiger partial charge in [0.05, 0.1) is 29.5 Å². The van der Waals surface area contributed by atoms with E-state index in [1.165, 1.54) is 6.07 Å². The van der Waals surface area contributed by atoms with Crippen LogP contribution in [0.3, 0.4) is 0 Å². The first kappa shape index (κ1) is 20.4. The first-order valence-corrected chi connectivity index (χ1v) is 10.1. The molecule has 30 heavy (non-hydrogen) atoms. The fourth-order valence-corrected chi connectivity index (χ4v) is 4.07. The number of hydrogen-bond acceptors (Lipinski definition) is 7. The molecule has 0 radical (unpaired) electrons. The largest absolute Gasteiger partial charge is 0.380 e. The van der Waals surface area contributed by atoms with Crippen molar-refractivity contribution in [3.63, 3.8) is 0 Å². The summed E-state index contributed by atoms with van der Waals surface area (Å²) >= 11 is 0. The molecule has 4 rings (SSSR count). The van der Waals surface area contributed by atoms with E-state index in [0.29, 0.717) is 6.61 Å². The smallest absolute Gasteiger partial charge is 0.264 e. The molecular weight excluding hydrogens is 395 g/mol. The van der Waals surface area contributed by atoms with Gasteiger partial charge in [-0.3, -0.25) is 29.4 Å². The van der Waals surface area contributed by atoms with Crippen molar-refractivity contribution >= 4 is 29.3 Å². The van der Waals surface area contributed by atoms with E-state index in [-0.39, 0.29) is 42.3 Å². The van der Waals surface area contributed by atoms with Gasteiger partial charge < -0.3 is 15.4 Å². The Balaban J connectivity index is 1.48. The number of piperidine rings is 2. The molecule has 2 saturated heterocycles. The lowest BCUT2D eigenvalue weighted by molar-refractivity contribution is -0.136. The van der Waals surface area contributed by atoms with E-state index in [0.717, 1.165) is 36.9 Å². The normalized spacial score (nSPS) is 22.3. The Morgan fingerprint density at radius 2 is 1.87 bits per heavy atom. The Morgan fingerprint density at radius 1 is 1.10 bits per heavy atom. The second kappa shape index (κ2) is 8.49. The third-order valence-corrected chi connectivity index (χ3v) is 5.60. The molecule has 0 aliphatic carbocycles. The van der Waals surface area contributed by atoms with E-state index in [2.05, 4.69) is 16.0 Å². The van der Waals surface area contributed by atoms with Crippen LogP contribution in [-0.2, 0) is 14.3 Å². The second-order valence-electron chi connectivity index (χ2n) is 7.54. The molecule has 3 aliphatic rings. The molecule has 0 bridgehead atoms. The molecule has 0 saturated carbocycles. The molecule has 3 N–H and O–H groups in total. The van der Waals surface area contributed by atoms with Crippen LogP contribution in [-0.4, -0.2) is 66.9 Å². The molecule has 3 heterocycles. The van der Waals surface area contributed by atoms with Crippen LogP contribution in [0.1, 0.15) is 46.4 Å². The highest BCUT2D eigenvalue weighted by molar-refractivity contribution is 6.25. The van der Waals surface area contributed by atoms with E-state index in [1.54, 1.807) is 0 Å². The summed E-state index contributed by atoms with van der Waals surface area (Å²) in [6.07, 6.45) is 2.03. The number of amides is 4. The van der Waals surface area contributed by atoms with Crippen molar-refractivity contribution in [2.75, 3.05) is 31.6 Å². The standard InChI is InChI=1S/C20H23FN4O5/c21-13-2-1-12-16(17(13)23-9-10-30-11-5-7-22-8-6-11)20(29)25(19(12)28)14-3-4-15(26)24-18(14)27/h1-2,11,14,22-23H,3-10H2,(H,24,26,27). The molecule has 1 atom stereocenters. The number of fused-ring (bicyclic) bond motifs is 1. The third-order valence-electron chi connectivity index (χ3n) is 5.60. The van der Waals surface area contributed by atoms with Crippen LogP contribution in [0.25, 0.3) is 0 Å². The van der Waals surface area contributed by atoms with Gasteiger partial charge >= 0.3 is 0 Å². The molecule has 10 heteroatoms. The summed E-state index contributed by atoms with van der Waals surface area (Å²) in [4.78, 5) is 50.1. The zero-order valence-electron chi connectivity index (χ0n) is 16.3. The second-order valence-corrected chi connectivity index (χ2v) is 7.54. The molecule has 1 unspecified atom stereocenters. The van der Waals surface area contributed by atoms with E-state index < -0.39 is 35.5 Å². The number of carbonyl (C=O) groups is 4. The minimum atomic E-state index is -1.09. The van der Waals surface area contributed by atoms with E-state index in [1.807, 2.05) is 0 Å². The molecule has 4 amide bonds. The van der Waals surface area contributed by atoms with Crippen LogP contribution < -0.4 is 16.0 Å². The summed E-state index contributed by atoms with van der Waals surface area (Å²) in [5.41, 5.74) is -0.131. The van der Waals surface area contributed by atoms with Crippen molar-refractivity contribution in [2.45, 2.75) is 37.8 Å². The SMILES string of the molecule is O=C1CCC(N2C(=O)c3ccc(F)c(NCCOC4CCNCC4)c3C2=O)C(=O)N1. The van der Waals surface area contributed by atoms with E-state index in [4.69, 9.17) is 4.74 Å². The third kappa shape index (κ3) is 3.80. The Hall–Kier alpha value is -2.85. The molecule has 1 aromatic carbocycles. The van der Waals surface area contributed by atoms with Crippen LogP contribution in [0.15, 0.2) is 12.1 Å². The monoisotopic (exact) mass is 418 g/mol. The highest BCUT2D eigenvalue weighted by Gasteiger charge is 2.46. The molecule has 3 aliphatic heterocycles. The maximum Gasteiger partial charge on any atom is 0.264 e. The first-order chi connectivity index (χ1) is 14.5. The highest BCUT2D eigenvalue weighted by Crippen LogP contribution is 2.34. The average Bonchev–Trinajstić information content (AvgIpc) is 2.98. The molecule has 9 nitrogen and oxygen atoms in total. The molecule has 160 valence electrons. The lowest BCUT2D eigenvalue weighted by Crippen LogP contribution is -2.54. The zero-order valence-corrected chi connectivity index (χ0v) is 16.3. The molecule has 1 aromatic rings. The predicted molar refractivity (Wildman–Crippen MR) is 103 cm³/mol. The number of rotatable bonds is 6. The summed E-state index contributed by atoms with van der Waals surface area (Å²) in [7, 11) is 0. The van der Waals surface area contributed by atoms with Gasteiger partial charge in [-0.05, 0) is 44.5 Å². The van der Waals surface area contributed by atoms with Crippen molar-refractivity contribution in [1.29, 1.82) is 0 Å². The van der Waals surface area contributed by atoms with Crippen LogP contribution >= 0.6 is 0 Å². The lowest BCUT2D eigenvalue weighted by atomic mass is 10.0. The number of nitrogens with one attached hydrogen (secondary N) is 3. The Kier molecular flexibility index (Phi) is 5.78. The number of ether oxygens (including phenoxy) is 1. The van der Waals surface area contributed by atoms with Gasteiger partial charge in [0.25, 0.3) is 11.8 Å². The van der Waals surface area contributed by atoms with Crippen molar-refractivity contribution in [1.82, 2.24) is 15.5 Å². The number of benzene rings is 1. The number of hydrogen-bond donors (Lipinski definition) is 3. The van der Waals surface area contributed by atoms with Gasteiger partial charge in [0.1, 0.15) is 11.9 Å². The van der Waals surface area contributed by atoms with Crippen molar-refractivity contribution in [2.24, 2.45) is 0 Å². The maximum absolute atomic E-state index is 14.5. The van der Waals surface area contributed by atoms with Crippen LogP contribution in [0, 0.1) is 5.82 Å². The Bertz CT molecular complexity index is 899. The van der Waals surface area contributed by atoms with Crippen molar-refractivity contribution in [3.05, 3.63) is 29.1 Å². The Morgan fingerprint density at radius 3 is 2.60 bits per heavy atom. The Labute approximate surface area is 172 Å². The van der Waals surface area contributed by atoms with Gasteiger partial charge in [-0.25, -0.2) is 4.39 Å². The van der Waals surface area contributed by atoms with Gasteiger partial charge in [-0.1, -0.05) is 0 Å². The summed E-state index contributed by atoms with van der Waals surface area (Å²) < 4.78 is 20.3. The fraction of sp³-hybridized carbons (Fsp3) is 0.500. The van der Waals surface area contributed by atoms with E-state index >= 15 is 0 Å². The van der Waals surface area contributed by atoms with Gasteiger partial charge in [0.2, 0.25) is 11.8 Å². The van der Waals surface area contributed by atoms with Crippen LogP contribution in [0.4, 0.5) is 10.1 Å². The molecular formula is C20H23FN4O5. The number of anilines is 1. The number of halogens is 1. The molecule has 0 spiro atoms. The number of nitrogens with zero attached hydrogens (tertiary/aromatic N) is 1. The topological polar surface area (TPSA) is 117 Å².